The van der Waals surface area contributed by atoms with Crippen LogP contribution in [0, 0.1) is 27.7 Å². The summed E-state index contributed by atoms with van der Waals surface area (Å²) >= 11 is 0. The minimum absolute atomic E-state index is 0.456. The third kappa shape index (κ3) is 3.65. The van der Waals surface area contributed by atoms with Crippen molar-refractivity contribution in [3.05, 3.63) is 39.4 Å². The standard InChI is InChI=1S/C12H11F2NO7/c1-22-10-7(13)2-5(3-8(10)14)6(4-15(20)21)9(11(16)17)12(18)19/h2-3,6,9H,4H2,1H3,(H,16,17)(H,18,19)/t6-/m0/s1. The molecule has 2 N–H and O–H groups in total. The Balaban J connectivity index is 3.42. The van der Waals surface area contributed by atoms with Crippen LogP contribution >= 0.6 is 0 Å². The normalized spacial score (nSPS) is 12.0. The number of carbonyl (C=O) groups is 2. The number of halogens is 2. The van der Waals surface area contributed by atoms with Crippen LogP contribution in [0.25, 0.3) is 0 Å². The van der Waals surface area contributed by atoms with Gasteiger partial charge in [-0.1, -0.05) is 0 Å². The second-order valence-corrected chi connectivity index (χ2v) is 4.29. The van der Waals surface area contributed by atoms with Gasteiger partial charge in [0.1, 0.15) is 0 Å². The van der Waals surface area contributed by atoms with Crippen LogP contribution in [0.5, 0.6) is 5.75 Å². The van der Waals surface area contributed by atoms with Gasteiger partial charge in [0.25, 0.3) is 0 Å². The van der Waals surface area contributed by atoms with E-state index in [1.165, 1.54) is 0 Å². The third-order valence-corrected chi connectivity index (χ3v) is 2.93. The fraction of sp³-hybridized carbons (Fsp3) is 0.333. The number of nitro groups is 1. The second kappa shape index (κ2) is 6.78. The maximum Gasteiger partial charge on any atom is 0.318 e. The Morgan fingerprint density at radius 2 is 1.73 bits per heavy atom. The van der Waals surface area contributed by atoms with E-state index in [0.29, 0.717) is 12.1 Å². The first kappa shape index (κ1) is 17.3. The zero-order valence-corrected chi connectivity index (χ0v) is 11.2. The van der Waals surface area contributed by atoms with Gasteiger partial charge in [0.15, 0.2) is 23.3 Å². The predicted molar refractivity (Wildman–Crippen MR) is 66.3 cm³/mol. The third-order valence-electron chi connectivity index (χ3n) is 2.93. The van der Waals surface area contributed by atoms with Crippen LogP contribution in [0.1, 0.15) is 11.5 Å². The van der Waals surface area contributed by atoms with Crippen LogP contribution in [0.15, 0.2) is 12.1 Å². The largest absolute Gasteiger partial charge is 0.491 e. The van der Waals surface area contributed by atoms with Gasteiger partial charge in [0.2, 0.25) is 6.54 Å². The fourth-order valence-corrected chi connectivity index (χ4v) is 2.00. The first-order valence-electron chi connectivity index (χ1n) is 5.79. The molecule has 8 nitrogen and oxygen atoms in total. The first-order chi connectivity index (χ1) is 10.2. The highest BCUT2D eigenvalue weighted by Gasteiger charge is 2.40. The van der Waals surface area contributed by atoms with Crippen LogP contribution in [-0.2, 0) is 9.59 Å². The van der Waals surface area contributed by atoms with Gasteiger partial charge in [-0.05, 0) is 17.7 Å². The number of benzene rings is 1. The van der Waals surface area contributed by atoms with Crippen molar-refractivity contribution in [3.8, 4) is 5.75 Å². The van der Waals surface area contributed by atoms with Crippen LogP contribution in [0.2, 0.25) is 0 Å². The lowest BCUT2D eigenvalue weighted by molar-refractivity contribution is -0.484. The molecule has 0 fully saturated rings. The van der Waals surface area contributed by atoms with Gasteiger partial charge in [0.05, 0.1) is 13.0 Å². The number of carboxylic acid groups (broad SMARTS) is 2. The molecule has 0 heterocycles. The fourth-order valence-electron chi connectivity index (χ4n) is 2.00. The molecule has 1 aromatic carbocycles. The van der Waals surface area contributed by atoms with Crippen LogP contribution < -0.4 is 4.74 Å². The van der Waals surface area contributed by atoms with E-state index in [9.17, 15) is 28.5 Å². The molecule has 0 saturated carbocycles. The molecule has 0 bridgehead atoms. The van der Waals surface area contributed by atoms with Crippen LogP contribution in [0.3, 0.4) is 0 Å². The van der Waals surface area contributed by atoms with E-state index < -0.39 is 58.2 Å². The second-order valence-electron chi connectivity index (χ2n) is 4.29. The van der Waals surface area contributed by atoms with Crippen molar-refractivity contribution in [2.24, 2.45) is 5.92 Å². The Labute approximate surface area is 122 Å². The van der Waals surface area contributed by atoms with E-state index >= 15 is 0 Å². The zero-order valence-electron chi connectivity index (χ0n) is 11.2. The Kier molecular flexibility index (Phi) is 5.33. The predicted octanol–water partition coefficient (Wildman–Crippen LogP) is 1.12. The van der Waals surface area contributed by atoms with Crippen molar-refractivity contribution >= 4 is 11.9 Å². The van der Waals surface area contributed by atoms with E-state index in [1.54, 1.807) is 0 Å². The Hall–Kier alpha value is -2.78. The van der Waals surface area contributed by atoms with E-state index in [4.69, 9.17) is 10.2 Å². The zero-order chi connectivity index (χ0) is 17.0. The first-order valence-corrected chi connectivity index (χ1v) is 5.79. The van der Waals surface area contributed by atoms with Gasteiger partial charge in [-0.25, -0.2) is 8.78 Å². The van der Waals surface area contributed by atoms with Crippen molar-refractivity contribution in [3.63, 3.8) is 0 Å². The Morgan fingerprint density at radius 1 is 1.27 bits per heavy atom. The quantitative estimate of drug-likeness (QED) is 0.438. The molecule has 0 amide bonds. The average Bonchev–Trinajstić information content (AvgIpc) is 2.36. The lowest BCUT2D eigenvalue weighted by Gasteiger charge is -2.18. The van der Waals surface area contributed by atoms with Crippen LogP contribution in [0.4, 0.5) is 8.78 Å². The molecule has 22 heavy (non-hydrogen) atoms. The summed E-state index contributed by atoms with van der Waals surface area (Å²) in [5.74, 6) is -10.9. The molecule has 120 valence electrons. The number of hydrogen-bond acceptors (Lipinski definition) is 5. The van der Waals surface area contributed by atoms with Gasteiger partial charge >= 0.3 is 11.9 Å². The molecule has 0 aliphatic heterocycles. The summed E-state index contributed by atoms with van der Waals surface area (Å²) < 4.78 is 31.7. The van der Waals surface area contributed by atoms with Crippen molar-refractivity contribution in [1.29, 1.82) is 0 Å². The Bertz CT molecular complexity index is 582. The maximum atomic E-state index is 13.6. The smallest absolute Gasteiger partial charge is 0.318 e. The highest BCUT2D eigenvalue weighted by Crippen LogP contribution is 2.31. The number of ether oxygens (including phenoxy) is 1. The molecule has 0 aliphatic carbocycles. The van der Waals surface area contributed by atoms with Crippen LogP contribution in [-0.4, -0.2) is 40.7 Å². The minimum atomic E-state index is -2.22. The summed E-state index contributed by atoms with van der Waals surface area (Å²) in [5.41, 5.74) is -0.456. The topological polar surface area (TPSA) is 127 Å². The highest BCUT2D eigenvalue weighted by atomic mass is 19.1. The van der Waals surface area contributed by atoms with Gasteiger partial charge < -0.3 is 14.9 Å². The molecule has 1 atom stereocenters. The SMILES string of the molecule is COc1c(F)cc([C@H](C[N+](=O)[O-])C(C(=O)O)C(=O)O)cc1F. The monoisotopic (exact) mass is 319 g/mol. The number of rotatable bonds is 7. The summed E-state index contributed by atoms with van der Waals surface area (Å²) in [7, 11) is 0.993. The number of carboxylic acids is 2. The van der Waals surface area contributed by atoms with E-state index in [1.807, 2.05) is 0 Å². The van der Waals surface area contributed by atoms with Crippen molar-refractivity contribution in [1.82, 2.24) is 0 Å². The summed E-state index contributed by atoms with van der Waals surface area (Å²) in [6.07, 6.45) is 0. The van der Waals surface area contributed by atoms with Gasteiger partial charge in [-0.2, -0.15) is 0 Å². The minimum Gasteiger partial charge on any atom is -0.491 e. The number of aliphatic carboxylic acids is 2. The lowest BCUT2D eigenvalue weighted by atomic mass is 9.85. The van der Waals surface area contributed by atoms with Crippen molar-refractivity contribution in [2.45, 2.75) is 5.92 Å². The molecule has 0 unspecified atom stereocenters. The van der Waals surface area contributed by atoms with Gasteiger partial charge in [-0.3, -0.25) is 19.7 Å². The molecular weight excluding hydrogens is 308 g/mol. The Morgan fingerprint density at radius 3 is 2.05 bits per heavy atom. The van der Waals surface area contributed by atoms with Gasteiger partial charge in [-0.15, -0.1) is 0 Å². The molecule has 1 rings (SSSR count). The molecule has 0 spiro atoms. The average molecular weight is 319 g/mol. The molecule has 1 aromatic rings. The number of hydrogen-bond donors (Lipinski definition) is 2. The molecule has 0 radical (unpaired) electrons. The summed E-state index contributed by atoms with van der Waals surface area (Å²) in [5, 5.41) is 28.5. The van der Waals surface area contributed by atoms with Gasteiger partial charge in [0, 0.05) is 4.92 Å². The highest BCUT2D eigenvalue weighted by molar-refractivity contribution is 5.94. The summed E-state index contributed by atoms with van der Waals surface area (Å²) in [4.78, 5) is 31.7. The molecule has 0 aromatic heterocycles. The van der Waals surface area contributed by atoms with E-state index in [-0.39, 0.29) is 0 Å². The molecular formula is C12H11F2NO7. The molecule has 0 aliphatic rings. The number of methoxy groups -OCH3 is 1. The lowest BCUT2D eigenvalue weighted by Crippen LogP contribution is -2.33. The van der Waals surface area contributed by atoms with Crippen molar-refractivity contribution in [2.75, 3.05) is 13.7 Å². The maximum absolute atomic E-state index is 13.6. The van der Waals surface area contributed by atoms with Crippen molar-refractivity contribution < 1.29 is 38.2 Å². The summed E-state index contributed by atoms with van der Waals surface area (Å²) in [6, 6.07) is 1.24. The van der Waals surface area contributed by atoms with E-state index in [2.05, 4.69) is 4.74 Å². The van der Waals surface area contributed by atoms with E-state index in [0.717, 1.165) is 7.11 Å². The summed E-state index contributed by atoms with van der Waals surface area (Å²) in [6.45, 7) is -1.12. The molecule has 10 heteroatoms. The molecule has 0 saturated heterocycles. The number of nitrogens with zero attached hydrogens (tertiary/aromatic N) is 1.